The summed E-state index contributed by atoms with van der Waals surface area (Å²) in [5.74, 6) is 0.954. The van der Waals surface area contributed by atoms with Crippen LogP contribution in [0, 0.1) is 0 Å². The fourth-order valence-corrected chi connectivity index (χ4v) is 6.10. The van der Waals surface area contributed by atoms with E-state index in [-0.39, 0.29) is 22.9 Å². The number of nitrogens with two attached hydrogens (primary N) is 1. The molecule has 1 amide bonds. The van der Waals surface area contributed by atoms with Gasteiger partial charge in [0.1, 0.15) is 11.1 Å². The van der Waals surface area contributed by atoms with E-state index in [1.54, 1.807) is 6.20 Å². The number of aromatic nitrogens is 1. The number of rotatable bonds is 6. The Morgan fingerprint density at radius 3 is 2.60 bits per heavy atom. The molecule has 0 bridgehead atoms. The van der Waals surface area contributed by atoms with E-state index < -0.39 is 0 Å². The fourth-order valence-electron chi connectivity index (χ4n) is 6.10. The Morgan fingerprint density at radius 2 is 1.82 bits per heavy atom. The lowest BCUT2D eigenvalue weighted by Crippen LogP contribution is -2.38. The number of morpholine rings is 1. The van der Waals surface area contributed by atoms with E-state index in [1.165, 1.54) is 0 Å². The summed E-state index contributed by atoms with van der Waals surface area (Å²) in [7, 11) is 0. The number of fused-ring (bicyclic) bond motifs is 3. The van der Waals surface area contributed by atoms with Crippen molar-refractivity contribution in [2.75, 3.05) is 57.4 Å². The minimum absolute atomic E-state index is 0.0965. The van der Waals surface area contributed by atoms with E-state index in [0.717, 1.165) is 80.9 Å². The van der Waals surface area contributed by atoms with Gasteiger partial charge in [0, 0.05) is 45.0 Å². The number of nitrogens with one attached hydrogen (secondary N) is 1. The van der Waals surface area contributed by atoms with Gasteiger partial charge in [-0.25, -0.2) is 0 Å². The zero-order chi connectivity index (χ0) is 27.2. The molecule has 0 spiro atoms. The molecule has 0 aliphatic carbocycles. The molecule has 7 rings (SSSR count). The number of carbonyl (C=O) groups is 1. The zero-order valence-corrected chi connectivity index (χ0v) is 22.4. The number of ether oxygens (including phenoxy) is 2. The van der Waals surface area contributed by atoms with Gasteiger partial charge in [-0.2, -0.15) is 0 Å². The smallest absolute Gasteiger partial charge is 0.256 e. The van der Waals surface area contributed by atoms with Crippen molar-refractivity contribution in [2.45, 2.75) is 18.9 Å². The molecular weight excluding hydrogens is 506 g/mol. The van der Waals surface area contributed by atoms with Crippen LogP contribution >= 0.6 is 0 Å². The molecule has 3 aliphatic heterocycles. The Hall–Kier alpha value is -3.92. The molecule has 0 radical (unpaired) electrons. The fraction of sp³-hybridized carbons (Fsp3) is 0.355. The first kappa shape index (κ1) is 25.1. The molecular formula is C31H33N5O4. The average Bonchev–Trinajstić information content (AvgIpc) is 3.41. The largest absolute Gasteiger partial charge is 0.451 e. The highest BCUT2D eigenvalue weighted by Gasteiger charge is 2.30. The van der Waals surface area contributed by atoms with Gasteiger partial charge >= 0.3 is 0 Å². The molecule has 4 aromatic rings. The summed E-state index contributed by atoms with van der Waals surface area (Å²) < 4.78 is 13.9. The van der Waals surface area contributed by atoms with Crippen molar-refractivity contribution in [1.29, 1.82) is 0 Å². The first-order valence-electron chi connectivity index (χ1n) is 14.1. The van der Waals surface area contributed by atoms with Crippen LogP contribution < -0.4 is 26.1 Å². The van der Waals surface area contributed by atoms with Crippen LogP contribution in [-0.2, 0) is 4.74 Å². The zero-order valence-electron chi connectivity index (χ0n) is 22.4. The maximum atomic E-state index is 13.7. The number of amides is 1. The normalized spacial score (nSPS) is 18.6. The number of benzene rings is 3. The third-order valence-electron chi connectivity index (χ3n) is 8.25. The molecule has 1 aromatic heterocycles. The number of hydrogen-bond donors (Lipinski definition) is 2. The summed E-state index contributed by atoms with van der Waals surface area (Å²) in [6, 6.07) is 16.0. The van der Waals surface area contributed by atoms with E-state index in [4.69, 9.17) is 15.2 Å². The van der Waals surface area contributed by atoms with Crippen LogP contribution in [0.2, 0.25) is 0 Å². The second kappa shape index (κ2) is 10.2. The van der Waals surface area contributed by atoms with Crippen molar-refractivity contribution >= 4 is 33.3 Å². The highest BCUT2D eigenvalue weighted by atomic mass is 16.5. The Morgan fingerprint density at radius 1 is 1.02 bits per heavy atom. The van der Waals surface area contributed by atoms with Crippen molar-refractivity contribution in [3.8, 4) is 17.2 Å². The average molecular weight is 540 g/mol. The van der Waals surface area contributed by atoms with Crippen LogP contribution in [0.15, 0.2) is 59.5 Å². The second-order valence-corrected chi connectivity index (χ2v) is 10.9. The van der Waals surface area contributed by atoms with Crippen molar-refractivity contribution in [2.24, 2.45) is 5.73 Å². The monoisotopic (exact) mass is 539 g/mol. The number of pyridine rings is 1. The van der Waals surface area contributed by atoms with Crippen molar-refractivity contribution in [3.63, 3.8) is 0 Å². The highest BCUT2D eigenvalue weighted by molar-refractivity contribution is 6.02. The van der Waals surface area contributed by atoms with Crippen molar-refractivity contribution in [3.05, 3.63) is 70.5 Å². The van der Waals surface area contributed by atoms with Gasteiger partial charge in [0.15, 0.2) is 11.5 Å². The number of carbonyl (C=O) groups excluding carboxylic acids is 1. The number of nitrogens with zero attached hydrogens (tertiary/aromatic N) is 3. The highest BCUT2D eigenvalue weighted by Crippen LogP contribution is 2.46. The van der Waals surface area contributed by atoms with Crippen LogP contribution in [0.3, 0.4) is 0 Å². The van der Waals surface area contributed by atoms with Crippen LogP contribution in [0.4, 0.5) is 5.69 Å². The molecule has 9 nitrogen and oxygen atoms in total. The molecule has 1 atom stereocenters. The second-order valence-electron chi connectivity index (χ2n) is 10.9. The van der Waals surface area contributed by atoms with Gasteiger partial charge in [0.25, 0.3) is 5.91 Å². The lowest BCUT2D eigenvalue weighted by atomic mass is 10.0. The molecule has 4 heterocycles. The third kappa shape index (κ3) is 4.40. The minimum atomic E-state index is -0.359. The Balaban J connectivity index is 1.29. The van der Waals surface area contributed by atoms with Gasteiger partial charge in [-0.1, -0.05) is 24.3 Å². The van der Waals surface area contributed by atoms with Gasteiger partial charge < -0.3 is 30.0 Å². The van der Waals surface area contributed by atoms with Gasteiger partial charge in [-0.05, 0) is 54.4 Å². The van der Waals surface area contributed by atoms with E-state index in [9.17, 15) is 9.59 Å². The summed E-state index contributed by atoms with van der Waals surface area (Å²) in [4.78, 5) is 31.6. The van der Waals surface area contributed by atoms with Crippen molar-refractivity contribution < 1.29 is 14.3 Å². The molecule has 0 saturated carbocycles. The minimum Gasteiger partial charge on any atom is -0.451 e. The van der Waals surface area contributed by atoms with Gasteiger partial charge in [-0.3, -0.25) is 14.5 Å². The summed E-state index contributed by atoms with van der Waals surface area (Å²) in [6.07, 6.45) is 3.39. The Kier molecular flexibility index (Phi) is 6.42. The Labute approximate surface area is 232 Å². The molecule has 1 unspecified atom stereocenters. The summed E-state index contributed by atoms with van der Waals surface area (Å²) in [5, 5.41) is 5.55. The number of hydrogen-bond acceptors (Lipinski definition) is 7. The molecule has 40 heavy (non-hydrogen) atoms. The third-order valence-corrected chi connectivity index (χ3v) is 8.25. The standard InChI is InChI=1S/C31H33N5O4/c32-22-8-11-35(18-22)25-7-6-23-28-30(25)40-27-17-21-5-2-1-4-20(21)16-26(27)36(28)19-24(29(23)37)31(38)33-9-3-10-34-12-14-39-15-13-34/h1-2,4-7,16-17,19,22H,3,8-15,18,32H2,(H,33,38). The van der Waals surface area contributed by atoms with Gasteiger partial charge in [0.2, 0.25) is 5.43 Å². The van der Waals surface area contributed by atoms with Crippen LogP contribution in [0.1, 0.15) is 23.2 Å². The molecule has 9 heteroatoms. The quantitative estimate of drug-likeness (QED) is 0.320. The van der Waals surface area contributed by atoms with Gasteiger partial charge in [0.05, 0.1) is 30.0 Å². The van der Waals surface area contributed by atoms with E-state index in [1.807, 2.05) is 34.9 Å². The summed E-state index contributed by atoms with van der Waals surface area (Å²) in [5.41, 5.74) is 8.44. The van der Waals surface area contributed by atoms with Gasteiger partial charge in [-0.15, -0.1) is 0 Å². The molecule has 3 aliphatic rings. The molecule has 2 saturated heterocycles. The van der Waals surface area contributed by atoms with E-state index in [0.29, 0.717) is 28.9 Å². The lowest BCUT2D eigenvalue weighted by Gasteiger charge is -2.29. The maximum absolute atomic E-state index is 13.7. The molecule has 206 valence electrons. The first-order valence-corrected chi connectivity index (χ1v) is 14.1. The molecule has 2 fully saturated rings. The first-order chi connectivity index (χ1) is 19.6. The topological polar surface area (TPSA) is 102 Å². The van der Waals surface area contributed by atoms with Crippen molar-refractivity contribution in [1.82, 2.24) is 14.8 Å². The maximum Gasteiger partial charge on any atom is 0.256 e. The van der Waals surface area contributed by atoms with E-state index in [2.05, 4.69) is 33.3 Å². The molecule has 3 aromatic carbocycles. The predicted octanol–water partition coefficient (Wildman–Crippen LogP) is 3.24. The van der Waals surface area contributed by atoms with Crippen LogP contribution in [0.5, 0.6) is 11.5 Å². The van der Waals surface area contributed by atoms with Crippen LogP contribution in [0.25, 0.3) is 27.4 Å². The molecule has 3 N–H and O–H groups in total. The summed E-state index contributed by atoms with van der Waals surface area (Å²) >= 11 is 0. The predicted molar refractivity (Wildman–Crippen MR) is 156 cm³/mol. The number of anilines is 1. The Bertz CT molecular complexity index is 1680. The van der Waals surface area contributed by atoms with Crippen LogP contribution in [-0.4, -0.2) is 73.9 Å². The summed E-state index contributed by atoms with van der Waals surface area (Å²) in [6.45, 7) is 6.24. The SMILES string of the molecule is NC1CCN(c2ccc3c(=O)c(C(=O)NCCCN4CCOCC4)cn4c3c2Oc2cc3ccccc3cc2-4)C1. The van der Waals surface area contributed by atoms with E-state index >= 15 is 0 Å². The lowest BCUT2D eigenvalue weighted by molar-refractivity contribution is 0.0374.